The van der Waals surface area contributed by atoms with Crippen molar-refractivity contribution in [3.8, 4) is 0 Å². The maximum atomic E-state index is 13.3. The summed E-state index contributed by atoms with van der Waals surface area (Å²) in [7, 11) is 0. The zero-order chi connectivity index (χ0) is 14.0. The molecule has 104 valence electrons. The molecule has 0 heterocycles. The zero-order valence-corrected chi connectivity index (χ0v) is 11.3. The highest BCUT2D eigenvalue weighted by Gasteiger charge is 2.26. The van der Waals surface area contributed by atoms with Crippen LogP contribution in [0.25, 0.3) is 0 Å². The van der Waals surface area contributed by atoms with Crippen molar-refractivity contribution in [3.63, 3.8) is 0 Å². The number of benzene rings is 1. The van der Waals surface area contributed by atoms with Crippen LogP contribution in [0.5, 0.6) is 0 Å². The summed E-state index contributed by atoms with van der Waals surface area (Å²) in [4.78, 5) is 10.1. The first kappa shape index (κ1) is 13.8. The number of non-ortho nitro benzene ring substituents is 1. The monoisotopic (exact) mass is 266 g/mol. The number of anilines is 1. The van der Waals surface area contributed by atoms with Crippen molar-refractivity contribution < 1.29 is 9.31 Å². The highest BCUT2D eigenvalue weighted by Crippen LogP contribution is 2.36. The van der Waals surface area contributed by atoms with Gasteiger partial charge in [-0.25, -0.2) is 4.39 Å². The lowest BCUT2D eigenvalue weighted by atomic mass is 9.75. The first-order chi connectivity index (χ1) is 8.85. The number of halogens is 1. The third kappa shape index (κ3) is 3.66. The number of rotatable bonds is 3. The topological polar surface area (TPSA) is 55.2 Å². The van der Waals surface area contributed by atoms with Gasteiger partial charge in [0, 0.05) is 17.8 Å². The number of nitro benzene ring substituents is 1. The van der Waals surface area contributed by atoms with Crippen molar-refractivity contribution in [2.75, 3.05) is 5.32 Å². The van der Waals surface area contributed by atoms with E-state index in [4.69, 9.17) is 0 Å². The van der Waals surface area contributed by atoms with Gasteiger partial charge in [0.05, 0.1) is 11.0 Å². The van der Waals surface area contributed by atoms with Crippen molar-refractivity contribution in [2.45, 2.75) is 45.6 Å². The third-order valence-electron chi connectivity index (χ3n) is 3.80. The van der Waals surface area contributed by atoms with Crippen molar-refractivity contribution in [1.82, 2.24) is 0 Å². The third-order valence-corrected chi connectivity index (χ3v) is 3.80. The Balaban J connectivity index is 2.05. The molecule has 2 rings (SSSR count). The molecule has 1 N–H and O–H groups in total. The molecule has 5 heteroatoms. The number of nitro groups is 1. The average Bonchev–Trinajstić information content (AvgIpc) is 2.31. The molecule has 1 saturated carbocycles. The van der Waals surface area contributed by atoms with Gasteiger partial charge >= 0.3 is 0 Å². The normalized spacial score (nSPS) is 19.1. The second-order valence-electron chi connectivity index (χ2n) is 6.04. The fraction of sp³-hybridized carbons (Fsp3) is 0.571. The van der Waals surface area contributed by atoms with Gasteiger partial charge in [-0.3, -0.25) is 10.1 Å². The molecule has 0 aromatic heterocycles. The summed E-state index contributed by atoms with van der Waals surface area (Å²) in [5.41, 5.74) is 0.654. The minimum atomic E-state index is -0.576. The minimum Gasteiger partial charge on any atom is -0.382 e. The van der Waals surface area contributed by atoms with Gasteiger partial charge in [0.1, 0.15) is 5.82 Å². The van der Waals surface area contributed by atoms with Crippen LogP contribution in [0.15, 0.2) is 18.2 Å². The van der Waals surface area contributed by atoms with E-state index in [1.807, 2.05) is 0 Å². The number of nitrogens with one attached hydrogen (secondary N) is 1. The van der Waals surface area contributed by atoms with Crippen LogP contribution in [0.3, 0.4) is 0 Å². The van der Waals surface area contributed by atoms with E-state index in [2.05, 4.69) is 19.2 Å². The standard InChI is InChI=1S/C14H19FN2O2/c1-14(2)5-3-11(4-6-14)16-12-7-10(15)8-13(9-12)17(18)19/h7-9,11,16H,3-6H2,1-2H3. The lowest BCUT2D eigenvalue weighted by Gasteiger charge is -2.35. The Kier molecular flexibility index (Phi) is 3.73. The van der Waals surface area contributed by atoms with Crippen molar-refractivity contribution in [3.05, 3.63) is 34.1 Å². The quantitative estimate of drug-likeness (QED) is 0.661. The number of hydrogen-bond donors (Lipinski definition) is 1. The number of hydrogen-bond acceptors (Lipinski definition) is 3. The largest absolute Gasteiger partial charge is 0.382 e. The van der Waals surface area contributed by atoms with E-state index in [1.54, 1.807) is 0 Å². The van der Waals surface area contributed by atoms with Crippen molar-refractivity contribution in [1.29, 1.82) is 0 Å². The van der Waals surface area contributed by atoms with E-state index in [0.29, 0.717) is 11.1 Å². The van der Waals surface area contributed by atoms with Gasteiger partial charge in [0.2, 0.25) is 0 Å². The number of nitrogens with zero attached hydrogens (tertiary/aromatic N) is 1. The van der Waals surface area contributed by atoms with Crippen LogP contribution in [0.4, 0.5) is 15.8 Å². The molecule has 4 nitrogen and oxygen atoms in total. The molecule has 0 saturated heterocycles. The van der Waals surface area contributed by atoms with Gasteiger partial charge < -0.3 is 5.32 Å². The van der Waals surface area contributed by atoms with Crippen LogP contribution in [0.2, 0.25) is 0 Å². The Morgan fingerprint density at radius 1 is 1.32 bits per heavy atom. The van der Waals surface area contributed by atoms with E-state index in [-0.39, 0.29) is 11.7 Å². The predicted octanol–water partition coefficient (Wildman–Crippen LogP) is 4.11. The Hall–Kier alpha value is -1.65. The van der Waals surface area contributed by atoms with Gasteiger partial charge in [0.15, 0.2) is 0 Å². The van der Waals surface area contributed by atoms with Gasteiger partial charge in [-0.2, -0.15) is 0 Å². The highest BCUT2D eigenvalue weighted by molar-refractivity contribution is 5.52. The molecule has 1 aromatic rings. The predicted molar refractivity (Wildman–Crippen MR) is 72.7 cm³/mol. The van der Waals surface area contributed by atoms with E-state index in [0.717, 1.165) is 31.7 Å². The summed E-state index contributed by atoms with van der Waals surface area (Å²) in [5.74, 6) is -0.576. The SMILES string of the molecule is CC1(C)CCC(Nc2cc(F)cc([N+](=O)[O-])c2)CC1. The molecule has 19 heavy (non-hydrogen) atoms. The lowest BCUT2D eigenvalue weighted by molar-refractivity contribution is -0.385. The molecule has 0 bridgehead atoms. The minimum absolute atomic E-state index is 0.210. The molecule has 0 radical (unpaired) electrons. The summed E-state index contributed by atoms with van der Waals surface area (Å²) in [6.45, 7) is 4.49. The molecule has 0 aliphatic heterocycles. The van der Waals surface area contributed by atoms with Gasteiger partial charge in [-0.05, 0) is 37.2 Å². The van der Waals surface area contributed by atoms with E-state index in [1.165, 1.54) is 12.1 Å². The Bertz CT molecular complexity index is 478. The lowest BCUT2D eigenvalue weighted by Crippen LogP contribution is -2.29. The highest BCUT2D eigenvalue weighted by atomic mass is 19.1. The van der Waals surface area contributed by atoms with Gasteiger partial charge in [-0.15, -0.1) is 0 Å². The summed E-state index contributed by atoms with van der Waals surface area (Å²) in [5, 5.41) is 13.9. The second kappa shape index (κ2) is 5.15. The van der Waals surface area contributed by atoms with E-state index in [9.17, 15) is 14.5 Å². The van der Waals surface area contributed by atoms with Crippen LogP contribution in [0.1, 0.15) is 39.5 Å². The maximum absolute atomic E-state index is 13.3. The second-order valence-corrected chi connectivity index (χ2v) is 6.04. The molecule has 1 aliphatic carbocycles. The van der Waals surface area contributed by atoms with E-state index < -0.39 is 10.7 Å². The molecule has 1 aliphatic rings. The van der Waals surface area contributed by atoms with Crippen molar-refractivity contribution in [2.24, 2.45) is 5.41 Å². The van der Waals surface area contributed by atoms with Crippen molar-refractivity contribution >= 4 is 11.4 Å². The summed E-state index contributed by atoms with van der Waals surface area (Å²) in [6.07, 6.45) is 4.25. The van der Waals surface area contributed by atoms with E-state index >= 15 is 0 Å². The average molecular weight is 266 g/mol. The van der Waals surface area contributed by atoms with Gasteiger partial charge in [-0.1, -0.05) is 13.8 Å². The first-order valence-corrected chi connectivity index (χ1v) is 6.57. The van der Waals surface area contributed by atoms with Gasteiger partial charge in [0.25, 0.3) is 5.69 Å². The fourth-order valence-electron chi connectivity index (χ4n) is 2.54. The van der Waals surface area contributed by atoms with Crippen LogP contribution >= 0.6 is 0 Å². The Morgan fingerprint density at radius 3 is 2.53 bits per heavy atom. The van der Waals surface area contributed by atoms with Crippen LogP contribution in [-0.2, 0) is 0 Å². The molecule has 1 fully saturated rings. The molecule has 0 amide bonds. The van der Waals surface area contributed by atoms with Crippen LogP contribution in [-0.4, -0.2) is 11.0 Å². The Labute approximate surface area is 112 Å². The fourth-order valence-corrected chi connectivity index (χ4v) is 2.54. The Morgan fingerprint density at radius 2 is 1.95 bits per heavy atom. The smallest absolute Gasteiger partial charge is 0.274 e. The first-order valence-electron chi connectivity index (χ1n) is 6.57. The summed E-state index contributed by atoms with van der Waals surface area (Å²) < 4.78 is 13.3. The summed E-state index contributed by atoms with van der Waals surface area (Å²) in [6, 6.07) is 3.92. The maximum Gasteiger partial charge on any atom is 0.274 e. The molecular weight excluding hydrogens is 247 g/mol. The molecule has 0 unspecified atom stereocenters. The molecular formula is C14H19FN2O2. The summed E-state index contributed by atoms with van der Waals surface area (Å²) >= 11 is 0. The molecule has 1 aromatic carbocycles. The molecule has 0 spiro atoms. The molecule has 0 atom stereocenters. The van der Waals surface area contributed by atoms with Crippen LogP contribution in [0, 0.1) is 21.3 Å². The van der Waals surface area contributed by atoms with Crippen LogP contribution < -0.4 is 5.32 Å². The zero-order valence-electron chi connectivity index (χ0n) is 11.3.